The number of rotatable bonds is 3. The third-order valence-electron chi connectivity index (χ3n) is 3.25. The van der Waals surface area contributed by atoms with Gasteiger partial charge in [-0.15, -0.1) is 0 Å². The number of pyridine rings is 1. The Kier molecular flexibility index (Phi) is 3.66. The Balaban J connectivity index is 1.99. The van der Waals surface area contributed by atoms with Crippen molar-refractivity contribution in [2.24, 2.45) is 0 Å². The molecule has 0 radical (unpaired) electrons. The van der Waals surface area contributed by atoms with Gasteiger partial charge in [0.25, 0.3) is 0 Å². The van der Waals surface area contributed by atoms with Crippen molar-refractivity contribution < 1.29 is 8.42 Å². The zero-order valence-corrected chi connectivity index (χ0v) is 10.8. The van der Waals surface area contributed by atoms with Gasteiger partial charge in [-0.1, -0.05) is 12.5 Å². The molecular weight excluding hydrogens is 236 g/mol. The maximum absolute atomic E-state index is 11.5. The second-order valence-electron chi connectivity index (χ2n) is 4.67. The average molecular weight is 254 g/mol. The van der Waals surface area contributed by atoms with Gasteiger partial charge in [-0.05, 0) is 31.4 Å². The summed E-state index contributed by atoms with van der Waals surface area (Å²) in [5, 5.41) is 3.11. The summed E-state index contributed by atoms with van der Waals surface area (Å²) in [5.74, 6) is 0.826. The van der Waals surface area contributed by atoms with Crippen molar-refractivity contribution in [3.05, 3.63) is 24.4 Å². The Morgan fingerprint density at radius 1 is 1.35 bits per heavy atom. The van der Waals surface area contributed by atoms with Crippen LogP contribution in [0.15, 0.2) is 24.4 Å². The Labute approximate surface area is 102 Å². The summed E-state index contributed by atoms with van der Waals surface area (Å²) in [4.78, 5) is 4.20. The lowest BCUT2D eigenvalue weighted by atomic mass is 9.95. The van der Waals surface area contributed by atoms with Crippen LogP contribution < -0.4 is 5.32 Å². The lowest BCUT2D eigenvalue weighted by molar-refractivity contribution is 0.452. The molecule has 94 valence electrons. The Morgan fingerprint density at radius 3 is 2.82 bits per heavy atom. The van der Waals surface area contributed by atoms with Gasteiger partial charge in [-0.2, -0.15) is 0 Å². The van der Waals surface area contributed by atoms with E-state index in [1.807, 2.05) is 18.2 Å². The van der Waals surface area contributed by atoms with Crippen LogP contribution >= 0.6 is 0 Å². The van der Waals surface area contributed by atoms with Gasteiger partial charge in [-0.3, -0.25) is 0 Å². The Bertz CT molecular complexity index is 459. The van der Waals surface area contributed by atoms with Gasteiger partial charge >= 0.3 is 0 Å². The van der Waals surface area contributed by atoms with Gasteiger partial charge in [0, 0.05) is 18.5 Å². The molecule has 4 nitrogen and oxygen atoms in total. The summed E-state index contributed by atoms with van der Waals surface area (Å²) < 4.78 is 23.1. The molecule has 1 aliphatic rings. The van der Waals surface area contributed by atoms with Crippen LogP contribution in [0.2, 0.25) is 0 Å². The second kappa shape index (κ2) is 5.04. The van der Waals surface area contributed by atoms with Crippen LogP contribution in [0.5, 0.6) is 0 Å². The molecule has 1 N–H and O–H groups in total. The van der Waals surface area contributed by atoms with E-state index < -0.39 is 9.84 Å². The highest BCUT2D eigenvalue weighted by molar-refractivity contribution is 7.91. The quantitative estimate of drug-likeness (QED) is 0.894. The molecule has 0 aromatic carbocycles. The molecular formula is C12H18N2O2S. The molecule has 2 rings (SSSR count). The van der Waals surface area contributed by atoms with E-state index in [0.29, 0.717) is 6.42 Å². The Hall–Kier alpha value is -1.10. The van der Waals surface area contributed by atoms with Gasteiger partial charge in [0.2, 0.25) is 0 Å². The summed E-state index contributed by atoms with van der Waals surface area (Å²) in [6.07, 6.45) is 6.53. The van der Waals surface area contributed by atoms with Crippen LogP contribution in [0.3, 0.4) is 0 Å². The number of hydrogen-bond donors (Lipinski definition) is 1. The van der Waals surface area contributed by atoms with E-state index in [4.69, 9.17) is 0 Å². The smallest absolute Gasteiger partial charge is 0.150 e. The summed E-state index contributed by atoms with van der Waals surface area (Å²) in [7, 11) is -2.91. The number of hydrogen-bond acceptors (Lipinski definition) is 4. The first-order valence-corrected chi connectivity index (χ1v) is 7.87. The fourth-order valence-corrected chi connectivity index (χ4v) is 3.50. The van der Waals surface area contributed by atoms with Crippen molar-refractivity contribution in [2.45, 2.75) is 37.0 Å². The van der Waals surface area contributed by atoms with E-state index in [1.54, 1.807) is 6.20 Å². The lowest BCUT2D eigenvalue weighted by Gasteiger charge is -2.28. The first-order valence-electron chi connectivity index (χ1n) is 5.92. The van der Waals surface area contributed by atoms with Gasteiger partial charge in [-0.25, -0.2) is 13.4 Å². The number of nitrogens with one attached hydrogen (secondary N) is 1. The average Bonchev–Trinajstić information content (AvgIpc) is 2.29. The van der Waals surface area contributed by atoms with Crippen LogP contribution in [0.4, 0.5) is 5.82 Å². The lowest BCUT2D eigenvalue weighted by Crippen LogP contribution is -2.34. The summed E-state index contributed by atoms with van der Waals surface area (Å²) in [6.45, 7) is 0. The molecule has 17 heavy (non-hydrogen) atoms. The summed E-state index contributed by atoms with van der Waals surface area (Å²) in [5.41, 5.74) is 0. The van der Waals surface area contributed by atoms with Crippen LogP contribution in [0.25, 0.3) is 0 Å². The Morgan fingerprint density at radius 2 is 2.18 bits per heavy atom. The first kappa shape index (κ1) is 12.4. The highest BCUT2D eigenvalue weighted by atomic mass is 32.2. The largest absolute Gasteiger partial charge is 0.367 e. The monoisotopic (exact) mass is 254 g/mol. The maximum atomic E-state index is 11.5. The molecule has 0 saturated heterocycles. The molecule has 1 aromatic rings. The molecule has 0 aliphatic heterocycles. The number of sulfone groups is 1. The van der Waals surface area contributed by atoms with Gasteiger partial charge in [0.1, 0.15) is 15.7 Å². The van der Waals surface area contributed by atoms with E-state index in [9.17, 15) is 8.42 Å². The van der Waals surface area contributed by atoms with Crippen molar-refractivity contribution in [3.63, 3.8) is 0 Å². The van der Waals surface area contributed by atoms with E-state index in [-0.39, 0.29) is 11.3 Å². The minimum absolute atomic E-state index is 0.197. The number of nitrogens with zero attached hydrogens (tertiary/aromatic N) is 1. The van der Waals surface area contributed by atoms with E-state index >= 15 is 0 Å². The molecule has 1 saturated carbocycles. The molecule has 5 heteroatoms. The number of anilines is 1. The van der Waals surface area contributed by atoms with Crippen LogP contribution in [-0.4, -0.2) is 30.9 Å². The van der Waals surface area contributed by atoms with Crippen molar-refractivity contribution in [1.82, 2.24) is 4.98 Å². The molecule has 2 atom stereocenters. The normalized spacial score (nSPS) is 25.5. The molecule has 1 aromatic heterocycles. The minimum Gasteiger partial charge on any atom is -0.367 e. The van der Waals surface area contributed by atoms with Crippen molar-refractivity contribution in [3.8, 4) is 0 Å². The zero-order valence-electron chi connectivity index (χ0n) is 9.96. The third kappa shape index (κ3) is 3.43. The van der Waals surface area contributed by atoms with Gasteiger partial charge < -0.3 is 5.32 Å². The zero-order chi connectivity index (χ0) is 12.3. The predicted molar refractivity (Wildman–Crippen MR) is 68.7 cm³/mol. The van der Waals surface area contributed by atoms with Crippen molar-refractivity contribution in [1.29, 1.82) is 0 Å². The topological polar surface area (TPSA) is 59.1 Å². The molecule has 0 bridgehead atoms. The highest BCUT2D eigenvalue weighted by Gasteiger charge is 2.28. The molecule has 1 heterocycles. The SMILES string of the molecule is CS(=O)(=O)[C@@H]1CCC[C@H](Nc2ccccn2)C1. The summed E-state index contributed by atoms with van der Waals surface area (Å²) >= 11 is 0. The summed E-state index contributed by atoms with van der Waals surface area (Å²) in [6, 6.07) is 5.92. The maximum Gasteiger partial charge on any atom is 0.150 e. The standard InChI is InChI=1S/C12H18N2O2S/c1-17(15,16)11-6-4-5-10(9-11)14-12-7-2-3-8-13-12/h2-3,7-8,10-11H,4-6,9H2,1H3,(H,13,14)/t10-,11+/m0/s1. The molecule has 0 spiro atoms. The second-order valence-corrected chi connectivity index (χ2v) is 7.00. The van der Waals surface area contributed by atoms with Crippen LogP contribution in [0, 0.1) is 0 Å². The highest BCUT2D eigenvalue weighted by Crippen LogP contribution is 2.25. The van der Waals surface area contributed by atoms with Crippen molar-refractivity contribution in [2.75, 3.05) is 11.6 Å². The fourth-order valence-electron chi connectivity index (χ4n) is 2.32. The van der Waals surface area contributed by atoms with Crippen LogP contribution in [-0.2, 0) is 9.84 Å². The molecule has 1 aliphatic carbocycles. The molecule has 0 unspecified atom stereocenters. The van der Waals surface area contributed by atoms with E-state index in [1.165, 1.54) is 6.26 Å². The van der Waals surface area contributed by atoms with Gasteiger partial charge in [0.15, 0.2) is 0 Å². The van der Waals surface area contributed by atoms with Gasteiger partial charge in [0.05, 0.1) is 5.25 Å². The molecule has 1 fully saturated rings. The van der Waals surface area contributed by atoms with Crippen LogP contribution in [0.1, 0.15) is 25.7 Å². The third-order valence-corrected chi connectivity index (χ3v) is 4.89. The first-order chi connectivity index (χ1) is 8.05. The van der Waals surface area contributed by atoms with Crippen molar-refractivity contribution >= 4 is 15.7 Å². The van der Waals surface area contributed by atoms with E-state index in [0.717, 1.165) is 25.1 Å². The molecule has 0 amide bonds. The fraction of sp³-hybridized carbons (Fsp3) is 0.583. The minimum atomic E-state index is -2.91. The number of aromatic nitrogens is 1. The predicted octanol–water partition coefficient (Wildman–Crippen LogP) is 1.85. The van der Waals surface area contributed by atoms with E-state index in [2.05, 4.69) is 10.3 Å².